The first-order valence-corrected chi connectivity index (χ1v) is 7.55. The highest BCUT2D eigenvalue weighted by molar-refractivity contribution is 5.94. The van der Waals surface area contributed by atoms with E-state index in [2.05, 4.69) is 4.98 Å². The van der Waals surface area contributed by atoms with Crippen molar-refractivity contribution in [2.75, 3.05) is 14.2 Å². The largest absolute Gasteiger partial charge is 0.497 e. The van der Waals surface area contributed by atoms with Gasteiger partial charge in [-0.05, 0) is 35.9 Å². The Hall–Kier alpha value is -3.15. The quantitative estimate of drug-likeness (QED) is 0.662. The molecule has 0 aliphatic carbocycles. The van der Waals surface area contributed by atoms with Crippen LogP contribution in [0.25, 0.3) is 10.9 Å². The van der Waals surface area contributed by atoms with Crippen LogP contribution in [-0.4, -0.2) is 25.2 Å². The first-order valence-electron chi connectivity index (χ1n) is 7.55. The highest BCUT2D eigenvalue weighted by Crippen LogP contribution is 2.27. The number of benzene rings is 2. The summed E-state index contributed by atoms with van der Waals surface area (Å²) in [6.45, 7) is 0.250. The van der Waals surface area contributed by atoms with Crippen molar-refractivity contribution in [1.29, 1.82) is 0 Å². The van der Waals surface area contributed by atoms with Crippen LogP contribution in [0.2, 0.25) is 0 Å². The number of carbonyl (C=O) groups is 1. The van der Waals surface area contributed by atoms with Crippen LogP contribution in [-0.2, 0) is 11.3 Å². The van der Waals surface area contributed by atoms with Gasteiger partial charge in [0.05, 0.1) is 19.7 Å². The lowest BCUT2D eigenvalue weighted by Crippen LogP contribution is -2.06. The molecule has 0 saturated heterocycles. The Morgan fingerprint density at radius 3 is 2.52 bits per heavy atom. The van der Waals surface area contributed by atoms with Crippen LogP contribution < -0.4 is 9.47 Å². The van der Waals surface area contributed by atoms with Crippen LogP contribution in [0.5, 0.6) is 11.5 Å². The second-order valence-electron chi connectivity index (χ2n) is 5.30. The van der Waals surface area contributed by atoms with Gasteiger partial charge in [0.2, 0.25) is 0 Å². The number of hydrogen-bond acceptors (Lipinski definition) is 5. The zero-order valence-electron chi connectivity index (χ0n) is 13.8. The summed E-state index contributed by atoms with van der Waals surface area (Å²) in [5.41, 5.74) is 1.46. The second kappa shape index (κ2) is 7.17. The molecule has 0 radical (unpaired) electrons. The number of methoxy groups -OCH3 is 2. The number of ether oxygens (including phenoxy) is 3. The number of aromatic nitrogens is 1. The average Bonchev–Trinajstić information content (AvgIpc) is 2.65. The van der Waals surface area contributed by atoms with Gasteiger partial charge in [-0.2, -0.15) is 0 Å². The normalized spacial score (nSPS) is 10.5. The minimum atomic E-state index is -0.583. The first kappa shape index (κ1) is 16.7. The predicted molar refractivity (Wildman–Crippen MR) is 90.4 cm³/mol. The summed E-state index contributed by atoms with van der Waals surface area (Å²) in [4.78, 5) is 16.0. The monoisotopic (exact) mass is 341 g/mol. The van der Waals surface area contributed by atoms with Gasteiger partial charge in [0.1, 0.15) is 23.9 Å². The Labute approximate surface area is 144 Å². The Morgan fingerprint density at radius 2 is 1.84 bits per heavy atom. The highest BCUT2D eigenvalue weighted by Gasteiger charge is 2.14. The summed E-state index contributed by atoms with van der Waals surface area (Å²) in [6, 6.07) is 12.9. The molecule has 6 heteroatoms. The Kier molecular flexibility index (Phi) is 4.79. The maximum atomic E-state index is 13.6. The van der Waals surface area contributed by atoms with Crippen LogP contribution in [0.15, 0.2) is 48.5 Å². The number of pyridine rings is 1. The van der Waals surface area contributed by atoms with Crippen molar-refractivity contribution >= 4 is 16.9 Å². The minimum absolute atomic E-state index is 0.103. The van der Waals surface area contributed by atoms with E-state index in [1.807, 2.05) is 24.3 Å². The van der Waals surface area contributed by atoms with Crippen LogP contribution in [0.3, 0.4) is 0 Å². The number of rotatable bonds is 5. The summed E-state index contributed by atoms with van der Waals surface area (Å²) in [5, 5.41) is 0.487. The lowest BCUT2D eigenvalue weighted by atomic mass is 10.1. The Bertz CT molecular complexity index is 909. The molecule has 0 saturated carbocycles. The predicted octanol–water partition coefficient (Wildman–Crippen LogP) is 3.75. The number of nitrogens with zero attached hydrogens (tertiary/aromatic N) is 1. The number of halogens is 1. The standard InChI is InChI=1S/C19H16FNO4/c1-23-14-6-3-12(4-7-14)11-25-18-10-17(19(22)24-2)21-16-8-5-13(20)9-15(16)18/h3-10H,11H2,1-2H3. The smallest absolute Gasteiger partial charge is 0.356 e. The molecular formula is C19H16FNO4. The van der Waals surface area contributed by atoms with E-state index in [0.717, 1.165) is 11.3 Å². The molecule has 0 amide bonds. The third kappa shape index (κ3) is 3.68. The molecule has 128 valence electrons. The lowest BCUT2D eigenvalue weighted by molar-refractivity contribution is 0.0594. The summed E-state index contributed by atoms with van der Waals surface area (Å²) in [5.74, 6) is 0.115. The van der Waals surface area contributed by atoms with E-state index in [4.69, 9.17) is 14.2 Å². The molecule has 1 heterocycles. The van der Waals surface area contributed by atoms with E-state index in [1.165, 1.54) is 31.4 Å². The first-order chi connectivity index (χ1) is 12.1. The average molecular weight is 341 g/mol. The zero-order valence-corrected chi connectivity index (χ0v) is 13.8. The van der Waals surface area contributed by atoms with Gasteiger partial charge in [0.15, 0.2) is 5.69 Å². The van der Waals surface area contributed by atoms with Gasteiger partial charge in [-0.15, -0.1) is 0 Å². The van der Waals surface area contributed by atoms with E-state index in [0.29, 0.717) is 16.7 Å². The van der Waals surface area contributed by atoms with Crippen LogP contribution in [0.4, 0.5) is 4.39 Å². The number of carbonyl (C=O) groups excluding carboxylic acids is 1. The maximum Gasteiger partial charge on any atom is 0.356 e. The van der Waals surface area contributed by atoms with Crippen molar-refractivity contribution < 1.29 is 23.4 Å². The molecular weight excluding hydrogens is 325 g/mol. The maximum absolute atomic E-state index is 13.6. The highest BCUT2D eigenvalue weighted by atomic mass is 19.1. The fraction of sp³-hybridized carbons (Fsp3) is 0.158. The minimum Gasteiger partial charge on any atom is -0.497 e. The molecule has 0 aliphatic rings. The molecule has 0 fully saturated rings. The fourth-order valence-corrected chi connectivity index (χ4v) is 2.38. The van der Waals surface area contributed by atoms with Crippen LogP contribution >= 0.6 is 0 Å². The number of esters is 1. The molecule has 0 atom stereocenters. The molecule has 0 unspecified atom stereocenters. The number of hydrogen-bond donors (Lipinski definition) is 0. The molecule has 3 aromatic rings. The van der Waals surface area contributed by atoms with Gasteiger partial charge >= 0.3 is 5.97 Å². The third-order valence-electron chi connectivity index (χ3n) is 3.68. The van der Waals surface area contributed by atoms with Crippen molar-refractivity contribution in [3.05, 3.63) is 65.6 Å². The molecule has 2 aromatic carbocycles. The molecule has 0 spiro atoms. The fourth-order valence-electron chi connectivity index (χ4n) is 2.38. The van der Waals surface area contributed by atoms with Gasteiger partial charge in [-0.25, -0.2) is 14.2 Å². The van der Waals surface area contributed by atoms with Gasteiger partial charge in [-0.3, -0.25) is 0 Å². The van der Waals surface area contributed by atoms with Crippen molar-refractivity contribution in [2.24, 2.45) is 0 Å². The number of fused-ring (bicyclic) bond motifs is 1. The summed E-state index contributed by atoms with van der Waals surface area (Å²) in [7, 11) is 2.87. The van der Waals surface area contributed by atoms with E-state index in [-0.39, 0.29) is 12.3 Å². The van der Waals surface area contributed by atoms with E-state index in [9.17, 15) is 9.18 Å². The molecule has 0 aliphatic heterocycles. The molecule has 5 nitrogen and oxygen atoms in total. The second-order valence-corrected chi connectivity index (χ2v) is 5.30. The molecule has 1 aromatic heterocycles. The van der Waals surface area contributed by atoms with E-state index >= 15 is 0 Å². The molecule has 0 bridgehead atoms. The van der Waals surface area contributed by atoms with E-state index < -0.39 is 11.8 Å². The topological polar surface area (TPSA) is 57.7 Å². The van der Waals surface area contributed by atoms with Crippen molar-refractivity contribution in [1.82, 2.24) is 4.98 Å². The zero-order chi connectivity index (χ0) is 17.8. The molecule has 25 heavy (non-hydrogen) atoms. The van der Waals surface area contributed by atoms with Crippen molar-refractivity contribution in [3.63, 3.8) is 0 Å². The summed E-state index contributed by atoms with van der Waals surface area (Å²) >= 11 is 0. The van der Waals surface area contributed by atoms with Crippen LogP contribution in [0.1, 0.15) is 16.1 Å². The van der Waals surface area contributed by atoms with Crippen molar-refractivity contribution in [2.45, 2.75) is 6.61 Å². The SMILES string of the molecule is COC(=O)c1cc(OCc2ccc(OC)cc2)c2cc(F)ccc2n1. The Morgan fingerprint density at radius 1 is 1.08 bits per heavy atom. The molecule has 0 N–H and O–H groups in total. The summed E-state index contributed by atoms with van der Waals surface area (Å²) < 4.78 is 29.2. The van der Waals surface area contributed by atoms with Gasteiger partial charge in [0.25, 0.3) is 0 Å². The van der Waals surface area contributed by atoms with Crippen molar-refractivity contribution in [3.8, 4) is 11.5 Å². The molecule has 3 rings (SSSR count). The van der Waals surface area contributed by atoms with Crippen LogP contribution in [0, 0.1) is 5.82 Å². The van der Waals surface area contributed by atoms with Gasteiger partial charge in [-0.1, -0.05) is 12.1 Å². The van der Waals surface area contributed by atoms with Gasteiger partial charge < -0.3 is 14.2 Å². The summed E-state index contributed by atoms with van der Waals surface area (Å²) in [6.07, 6.45) is 0. The lowest BCUT2D eigenvalue weighted by Gasteiger charge is -2.11. The third-order valence-corrected chi connectivity index (χ3v) is 3.68. The Balaban J connectivity index is 1.94. The van der Waals surface area contributed by atoms with E-state index in [1.54, 1.807) is 7.11 Å². The van der Waals surface area contributed by atoms with Gasteiger partial charge in [0, 0.05) is 11.5 Å².